The summed E-state index contributed by atoms with van der Waals surface area (Å²) in [5.74, 6) is 0.554. The zero-order chi connectivity index (χ0) is 18.5. The normalized spacial score (nSPS) is 22.2. The van der Waals surface area contributed by atoms with Crippen LogP contribution in [0.2, 0.25) is 0 Å². The number of rotatable bonds is 7. The number of hydrogen-bond donors (Lipinski definition) is 1. The van der Waals surface area contributed by atoms with Crippen LogP contribution in [-0.2, 0) is 16.0 Å². The predicted octanol–water partition coefficient (Wildman–Crippen LogP) is 2.87. The second-order valence-corrected chi connectivity index (χ2v) is 7.67. The lowest BCUT2D eigenvalue weighted by molar-refractivity contribution is -0.134. The summed E-state index contributed by atoms with van der Waals surface area (Å²) in [6.07, 6.45) is 4.83. The monoisotopic (exact) mass is 393 g/mol. The molecule has 0 saturated carbocycles. The molecule has 2 fully saturated rings. The fourth-order valence-corrected chi connectivity index (χ4v) is 4.09. The number of carbonyl (C=O) groups is 2. The van der Waals surface area contributed by atoms with Crippen LogP contribution in [0, 0.1) is 11.8 Å². The maximum Gasteiger partial charge on any atom is 0.228 e. The van der Waals surface area contributed by atoms with Crippen LogP contribution in [-0.4, -0.2) is 49.9 Å². The maximum atomic E-state index is 12.8. The first-order chi connectivity index (χ1) is 12.6. The number of nitrogens with one attached hydrogen (secondary N) is 1. The van der Waals surface area contributed by atoms with E-state index in [1.165, 1.54) is 18.4 Å². The largest absolute Gasteiger partial charge is 0.342 e. The van der Waals surface area contributed by atoms with Gasteiger partial charge in [-0.1, -0.05) is 25.5 Å². The van der Waals surface area contributed by atoms with Gasteiger partial charge >= 0.3 is 0 Å². The number of halogens is 1. The van der Waals surface area contributed by atoms with Crippen LogP contribution in [0.25, 0.3) is 0 Å². The van der Waals surface area contributed by atoms with E-state index in [-0.39, 0.29) is 30.1 Å². The third kappa shape index (κ3) is 5.23. The van der Waals surface area contributed by atoms with E-state index in [0.717, 1.165) is 38.2 Å². The number of benzene rings is 1. The Morgan fingerprint density at radius 3 is 2.63 bits per heavy atom. The van der Waals surface area contributed by atoms with Gasteiger partial charge in [-0.15, -0.1) is 12.4 Å². The molecule has 1 N–H and O–H groups in total. The Kier molecular flexibility index (Phi) is 8.11. The van der Waals surface area contributed by atoms with Crippen molar-refractivity contribution in [3.05, 3.63) is 29.8 Å². The molecule has 0 spiro atoms. The van der Waals surface area contributed by atoms with Crippen LogP contribution in [0.5, 0.6) is 0 Å². The number of nitrogens with zero attached hydrogens (tertiary/aromatic N) is 2. The lowest BCUT2D eigenvalue weighted by atomic mass is 10.1. The van der Waals surface area contributed by atoms with E-state index in [1.807, 2.05) is 24.1 Å². The highest BCUT2D eigenvalue weighted by Crippen LogP contribution is 2.28. The van der Waals surface area contributed by atoms with E-state index in [0.29, 0.717) is 18.9 Å². The Morgan fingerprint density at radius 2 is 1.96 bits per heavy atom. The second-order valence-electron chi connectivity index (χ2n) is 7.67. The fourth-order valence-electron chi connectivity index (χ4n) is 4.09. The van der Waals surface area contributed by atoms with Gasteiger partial charge in [-0.25, -0.2) is 0 Å². The highest BCUT2D eigenvalue weighted by molar-refractivity contribution is 6.00. The van der Waals surface area contributed by atoms with Crippen molar-refractivity contribution in [1.29, 1.82) is 0 Å². The molecule has 0 aromatic heterocycles. The molecular weight excluding hydrogens is 362 g/mol. The van der Waals surface area contributed by atoms with Crippen LogP contribution in [0.4, 0.5) is 5.69 Å². The quantitative estimate of drug-likeness (QED) is 0.774. The maximum absolute atomic E-state index is 12.8. The highest BCUT2D eigenvalue weighted by atomic mass is 35.5. The Bertz CT molecular complexity index is 635. The average molecular weight is 394 g/mol. The third-order valence-corrected chi connectivity index (χ3v) is 5.63. The number of unbranched alkanes of at least 4 members (excludes halogenated alkanes) is 1. The Labute approximate surface area is 168 Å². The van der Waals surface area contributed by atoms with E-state index in [4.69, 9.17) is 0 Å². The number of likely N-dealkylation sites (tertiary alicyclic amines) is 1. The van der Waals surface area contributed by atoms with Gasteiger partial charge in [0.05, 0.1) is 5.92 Å². The van der Waals surface area contributed by atoms with Crippen molar-refractivity contribution in [3.8, 4) is 0 Å². The number of carbonyl (C=O) groups excluding carboxylic acids is 2. The smallest absolute Gasteiger partial charge is 0.228 e. The van der Waals surface area contributed by atoms with Crippen LogP contribution in [0.1, 0.15) is 38.2 Å². The standard InChI is InChI=1S/C21H31N3O2.ClH/c1-3-4-5-16-6-8-19(9-7-16)24-15-18(12-20(24)25)21(26)23-11-10-17(14-23)13-22-2;/h6-9,17-18,22H,3-5,10-15H2,1-2H3;1H. The van der Waals surface area contributed by atoms with E-state index in [2.05, 4.69) is 24.4 Å². The minimum Gasteiger partial charge on any atom is -0.342 e. The van der Waals surface area contributed by atoms with Crippen molar-refractivity contribution in [2.75, 3.05) is 38.1 Å². The minimum absolute atomic E-state index is 0. The van der Waals surface area contributed by atoms with Gasteiger partial charge in [0.15, 0.2) is 0 Å². The summed E-state index contributed by atoms with van der Waals surface area (Å²) in [4.78, 5) is 29.0. The second kappa shape index (κ2) is 10.1. The van der Waals surface area contributed by atoms with Gasteiger partial charge in [0.25, 0.3) is 0 Å². The zero-order valence-electron chi connectivity index (χ0n) is 16.4. The molecule has 2 aliphatic rings. The molecule has 2 amide bonds. The van der Waals surface area contributed by atoms with E-state index in [9.17, 15) is 9.59 Å². The summed E-state index contributed by atoms with van der Waals surface area (Å²) in [5.41, 5.74) is 2.22. The van der Waals surface area contributed by atoms with E-state index >= 15 is 0 Å². The molecule has 1 aromatic carbocycles. The van der Waals surface area contributed by atoms with Crippen molar-refractivity contribution >= 4 is 29.9 Å². The molecule has 2 heterocycles. The first-order valence-electron chi connectivity index (χ1n) is 9.95. The highest BCUT2D eigenvalue weighted by Gasteiger charge is 2.38. The topological polar surface area (TPSA) is 52.7 Å². The Morgan fingerprint density at radius 1 is 1.22 bits per heavy atom. The van der Waals surface area contributed by atoms with Crippen LogP contribution < -0.4 is 10.2 Å². The van der Waals surface area contributed by atoms with Crippen molar-refractivity contribution in [1.82, 2.24) is 10.2 Å². The van der Waals surface area contributed by atoms with Gasteiger partial charge in [0.2, 0.25) is 11.8 Å². The molecule has 2 unspecified atom stereocenters. The number of amides is 2. The molecule has 150 valence electrons. The first-order valence-corrected chi connectivity index (χ1v) is 9.95. The van der Waals surface area contributed by atoms with Crippen molar-refractivity contribution in [2.24, 2.45) is 11.8 Å². The molecule has 2 atom stereocenters. The van der Waals surface area contributed by atoms with Crippen molar-refractivity contribution in [3.63, 3.8) is 0 Å². The Balaban J connectivity index is 0.00000261. The number of anilines is 1. The molecule has 0 radical (unpaired) electrons. The molecule has 2 saturated heterocycles. The lowest BCUT2D eigenvalue weighted by Crippen LogP contribution is -2.36. The molecule has 3 rings (SSSR count). The van der Waals surface area contributed by atoms with Gasteiger partial charge < -0.3 is 15.1 Å². The molecular formula is C21H32ClN3O2. The van der Waals surface area contributed by atoms with Gasteiger partial charge in [-0.3, -0.25) is 9.59 Å². The fraction of sp³-hybridized carbons (Fsp3) is 0.619. The summed E-state index contributed by atoms with van der Waals surface area (Å²) in [6.45, 7) is 5.29. The van der Waals surface area contributed by atoms with E-state index < -0.39 is 0 Å². The van der Waals surface area contributed by atoms with Gasteiger partial charge in [-0.2, -0.15) is 0 Å². The average Bonchev–Trinajstić information content (AvgIpc) is 3.27. The first kappa shape index (κ1) is 21.7. The van der Waals surface area contributed by atoms with Gasteiger partial charge in [0.1, 0.15) is 0 Å². The molecule has 0 bridgehead atoms. The van der Waals surface area contributed by atoms with Crippen molar-refractivity contribution in [2.45, 2.75) is 39.0 Å². The van der Waals surface area contributed by atoms with Gasteiger partial charge in [-0.05, 0) is 56.5 Å². The predicted molar refractivity (Wildman–Crippen MR) is 111 cm³/mol. The molecule has 27 heavy (non-hydrogen) atoms. The summed E-state index contributed by atoms with van der Waals surface area (Å²) in [7, 11) is 1.95. The summed E-state index contributed by atoms with van der Waals surface area (Å²) >= 11 is 0. The SMILES string of the molecule is CCCCc1ccc(N2CC(C(=O)N3CCC(CNC)C3)CC2=O)cc1.Cl. The molecule has 1 aromatic rings. The molecule has 2 aliphatic heterocycles. The molecule has 5 nitrogen and oxygen atoms in total. The number of aryl methyl sites for hydroxylation is 1. The van der Waals surface area contributed by atoms with E-state index in [1.54, 1.807) is 4.90 Å². The minimum atomic E-state index is -0.199. The zero-order valence-corrected chi connectivity index (χ0v) is 17.3. The van der Waals surface area contributed by atoms with Crippen LogP contribution in [0.15, 0.2) is 24.3 Å². The van der Waals surface area contributed by atoms with Crippen molar-refractivity contribution < 1.29 is 9.59 Å². The van der Waals surface area contributed by atoms with Crippen LogP contribution in [0.3, 0.4) is 0 Å². The summed E-state index contributed by atoms with van der Waals surface area (Å²) in [6, 6.07) is 8.26. The summed E-state index contributed by atoms with van der Waals surface area (Å²) in [5, 5.41) is 3.19. The molecule has 6 heteroatoms. The Hall–Kier alpha value is -1.59. The van der Waals surface area contributed by atoms with Gasteiger partial charge in [0, 0.05) is 31.7 Å². The number of hydrogen-bond acceptors (Lipinski definition) is 3. The third-order valence-electron chi connectivity index (χ3n) is 5.63. The lowest BCUT2D eigenvalue weighted by Gasteiger charge is -2.21. The molecule has 0 aliphatic carbocycles. The summed E-state index contributed by atoms with van der Waals surface area (Å²) < 4.78 is 0. The van der Waals surface area contributed by atoms with Crippen LogP contribution >= 0.6 is 12.4 Å².